The number of nitrogens with one attached hydrogen (secondary N) is 1. The van der Waals surface area contributed by atoms with Gasteiger partial charge in [-0.3, -0.25) is 14.9 Å². The highest BCUT2D eigenvalue weighted by atomic mass is 32.2. The number of thioether (sulfide) groups is 1. The van der Waals surface area contributed by atoms with Crippen molar-refractivity contribution in [3.8, 4) is 0 Å². The number of nitrogens with zero attached hydrogens (tertiary/aromatic N) is 2. The first-order valence-electron chi connectivity index (χ1n) is 6.71. The fraction of sp³-hybridized carbons (Fsp3) is 0.429. The number of amides is 2. The molecule has 1 aromatic carbocycles. The Bertz CT molecular complexity index is 502. The zero-order valence-electron chi connectivity index (χ0n) is 11.1. The Labute approximate surface area is 122 Å². The molecule has 2 saturated heterocycles. The summed E-state index contributed by atoms with van der Waals surface area (Å²) in [6.45, 7) is 1.34. The van der Waals surface area contributed by atoms with Crippen molar-refractivity contribution >= 4 is 29.3 Å². The summed E-state index contributed by atoms with van der Waals surface area (Å²) in [6.07, 6.45) is 0. The van der Waals surface area contributed by atoms with Gasteiger partial charge in [0.15, 0.2) is 0 Å². The predicted molar refractivity (Wildman–Crippen MR) is 79.6 cm³/mol. The molecule has 6 heteroatoms. The highest BCUT2D eigenvalue weighted by Gasteiger charge is 2.32. The zero-order valence-corrected chi connectivity index (χ0v) is 11.9. The van der Waals surface area contributed by atoms with Crippen molar-refractivity contribution in [1.29, 1.82) is 0 Å². The van der Waals surface area contributed by atoms with E-state index >= 15 is 0 Å². The summed E-state index contributed by atoms with van der Waals surface area (Å²) in [4.78, 5) is 27.9. The molecular weight excluding hydrogens is 274 g/mol. The maximum absolute atomic E-state index is 12.3. The summed E-state index contributed by atoms with van der Waals surface area (Å²) in [7, 11) is 0. The van der Waals surface area contributed by atoms with Crippen LogP contribution in [0, 0.1) is 0 Å². The second-order valence-corrected chi connectivity index (χ2v) is 5.94. The summed E-state index contributed by atoms with van der Waals surface area (Å²) in [5, 5.41) is 3.16. The van der Waals surface area contributed by atoms with Crippen molar-refractivity contribution in [2.75, 3.05) is 36.2 Å². The van der Waals surface area contributed by atoms with Crippen LogP contribution in [0.1, 0.15) is 0 Å². The van der Waals surface area contributed by atoms with E-state index in [2.05, 4.69) is 5.32 Å². The van der Waals surface area contributed by atoms with Crippen molar-refractivity contribution < 1.29 is 9.59 Å². The van der Waals surface area contributed by atoms with Crippen LogP contribution >= 0.6 is 11.8 Å². The van der Waals surface area contributed by atoms with Gasteiger partial charge in [-0.25, -0.2) is 0 Å². The molecule has 0 bridgehead atoms. The molecule has 1 atom stereocenters. The van der Waals surface area contributed by atoms with Gasteiger partial charge in [0, 0.05) is 30.4 Å². The molecule has 106 valence electrons. The summed E-state index contributed by atoms with van der Waals surface area (Å²) >= 11 is 1.72. The number of para-hydroxylation sites is 1. The van der Waals surface area contributed by atoms with Gasteiger partial charge in [-0.2, -0.15) is 0 Å². The van der Waals surface area contributed by atoms with Gasteiger partial charge in [0.1, 0.15) is 6.54 Å². The molecule has 0 saturated carbocycles. The Kier molecular flexibility index (Phi) is 3.93. The highest BCUT2D eigenvalue weighted by Crippen LogP contribution is 2.18. The SMILES string of the molecule is O=C(C1CSCN1)N1CCN(c2ccccc2)C(=O)C1. The third-order valence-electron chi connectivity index (χ3n) is 3.61. The lowest BCUT2D eigenvalue weighted by atomic mass is 10.2. The van der Waals surface area contributed by atoms with Crippen LogP contribution in [-0.2, 0) is 9.59 Å². The minimum Gasteiger partial charge on any atom is -0.330 e. The number of carbonyl (C=O) groups excluding carboxylic acids is 2. The first-order valence-corrected chi connectivity index (χ1v) is 7.86. The number of rotatable bonds is 2. The van der Waals surface area contributed by atoms with E-state index in [4.69, 9.17) is 0 Å². The van der Waals surface area contributed by atoms with Crippen molar-refractivity contribution in [3.05, 3.63) is 30.3 Å². The van der Waals surface area contributed by atoms with Gasteiger partial charge >= 0.3 is 0 Å². The minimum absolute atomic E-state index is 0.0125. The van der Waals surface area contributed by atoms with Crippen LogP contribution in [0.2, 0.25) is 0 Å². The molecule has 0 radical (unpaired) electrons. The zero-order chi connectivity index (χ0) is 13.9. The van der Waals surface area contributed by atoms with Crippen molar-refractivity contribution in [3.63, 3.8) is 0 Å². The highest BCUT2D eigenvalue weighted by molar-refractivity contribution is 7.99. The van der Waals surface area contributed by atoms with Gasteiger partial charge in [-0.15, -0.1) is 11.8 Å². The monoisotopic (exact) mass is 291 g/mol. The third-order valence-corrected chi connectivity index (χ3v) is 4.55. The molecule has 2 amide bonds. The summed E-state index contributed by atoms with van der Waals surface area (Å²) in [6, 6.07) is 9.47. The molecule has 5 nitrogen and oxygen atoms in total. The largest absolute Gasteiger partial charge is 0.330 e. The molecule has 0 spiro atoms. The Morgan fingerprint density at radius 3 is 2.70 bits per heavy atom. The molecule has 0 aliphatic carbocycles. The molecule has 2 aliphatic rings. The first-order chi connectivity index (χ1) is 9.75. The molecule has 1 N–H and O–H groups in total. The van der Waals surface area contributed by atoms with Crippen molar-refractivity contribution in [2.45, 2.75) is 6.04 Å². The van der Waals surface area contributed by atoms with Gasteiger partial charge < -0.3 is 9.80 Å². The van der Waals surface area contributed by atoms with Crippen molar-refractivity contribution in [2.24, 2.45) is 0 Å². The smallest absolute Gasteiger partial charge is 0.246 e. The lowest BCUT2D eigenvalue weighted by Crippen LogP contribution is -2.56. The molecule has 20 heavy (non-hydrogen) atoms. The van der Waals surface area contributed by atoms with E-state index in [1.54, 1.807) is 21.6 Å². The molecular formula is C14H17N3O2S. The topological polar surface area (TPSA) is 52.7 Å². The Balaban J connectivity index is 1.65. The van der Waals surface area contributed by atoms with E-state index < -0.39 is 0 Å². The van der Waals surface area contributed by atoms with Gasteiger partial charge in [-0.05, 0) is 12.1 Å². The maximum Gasteiger partial charge on any atom is 0.246 e. The fourth-order valence-electron chi connectivity index (χ4n) is 2.52. The van der Waals surface area contributed by atoms with Gasteiger partial charge in [0.25, 0.3) is 0 Å². The number of anilines is 1. The van der Waals surface area contributed by atoms with E-state index in [0.29, 0.717) is 13.1 Å². The Hall–Kier alpha value is -1.53. The quantitative estimate of drug-likeness (QED) is 0.863. The van der Waals surface area contributed by atoms with Crippen LogP contribution in [0.25, 0.3) is 0 Å². The molecule has 1 aromatic rings. The van der Waals surface area contributed by atoms with Crippen LogP contribution in [0.3, 0.4) is 0 Å². The molecule has 2 aliphatic heterocycles. The first kappa shape index (κ1) is 13.5. The third kappa shape index (κ3) is 2.66. The average Bonchev–Trinajstić information content (AvgIpc) is 3.01. The minimum atomic E-state index is -0.129. The van der Waals surface area contributed by atoms with Crippen LogP contribution in [0.5, 0.6) is 0 Å². The molecule has 2 heterocycles. The molecule has 3 rings (SSSR count). The number of hydrogen-bond acceptors (Lipinski definition) is 4. The second-order valence-electron chi connectivity index (χ2n) is 4.91. The second kappa shape index (κ2) is 5.85. The van der Waals surface area contributed by atoms with Crippen LogP contribution in [0.4, 0.5) is 5.69 Å². The summed E-state index contributed by atoms with van der Waals surface area (Å²) in [5.41, 5.74) is 0.902. The number of benzene rings is 1. The van der Waals surface area contributed by atoms with E-state index in [1.807, 2.05) is 30.3 Å². The number of piperazine rings is 1. The maximum atomic E-state index is 12.3. The van der Waals surface area contributed by atoms with Gasteiger partial charge in [0.05, 0.1) is 6.04 Å². The van der Waals surface area contributed by atoms with Gasteiger partial charge in [0.2, 0.25) is 11.8 Å². The van der Waals surface area contributed by atoms with E-state index in [1.165, 1.54) is 0 Å². The lowest BCUT2D eigenvalue weighted by Gasteiger charge is -2.35. The van der Waals surface area contributed by atoms with E-state index in [9.17, 15) is 9.59 Å². The fourth-order valence-corrected chi connectivity index (χ4v) is 3.45. The van der Waals surface area contributed by atoms with E-state index in [0.717, 1.165) is 17.3 Å². The average molecular weight is 291 g/mol. The van der Waals surface area contributed by atoms with Crippen LogP contribution in [-0.4, -0.2) is 54.0 Å². The Morgan fingerprint density at radius 1 is 1.25 bits per heavy atom. The van der Waals surface area contributed by atoms with Crippen LogP contribution in [0.15, 0.2) is 30.3 Å². The summed E-state index contributed by atoms with van der Waals surface area (Å²) in [5.74, 6) is 1.65. The number of carbonyl (C=O) groups is 2. The van der Waals surface area contributed by atoms with Crippen LogP contribution < -0.4 is 10.2 Å². The Morgan fingerprint density at radius 2 is 2.05 bits per heavy atom. The standard InChI is InChI=1S/C14H17N3O2S/c18-13-8-16(14(19)12-9-20-10-15-12)6-7-17(13)11-4-2-1-3-5-11/h1-5,12,15H,6-10H2. The molecule has 1 unspecified atom stereocenters. The van der Waals surface area contributed by atoms with Gasteiger partial charge in [-0.1, -0.05) is 18.2 Å². The molecule has 2 fully saturated rings. The molecule has 0 aromatic heterocycles. The summed E-state index contributed by atoms with van der Waals surface area (Å²) < 4.78 is 0. The number of hydrogen-bond donors (Lipinski definition) is 1. The lowest BCUT2D eigenvalue weighted by molar-refractivity contribution is -0.137. The normalized spacial score (nSPS) is 23.2. The van der Waals surface area contributed by atoms with Crippen molar-refractivity contribution in [1.82, 2.24) is 10.2 Å². The van der Waals surface area contributed by atoms with E-state index in [-0.39, 0.29) is 24.4 Å². The predicted octanol–water partition coefficient (Wildman–Crippen LogP) is 0.524.